The molecule has 0 aromatic heterocycles. The molecule has 0 aliphatic carbocycles. The predicted octanol–water partition coefficient (Wildman–Crippen LogP) is 5.64. The Morgan fingerprint density at radius 2 is 0.812 bits per heavy atom. The molecule has 2 heteroatoms. The van der Waals surface area contributed by atoms with Crippen LogP contribution >= 0.6 is 0 Å². The van der Waals surface area contributed by atoms with E-state index in [-0.39, 0.29) is 0 Å². The molecule has 0 radical (unpaired) electrons. The lowest BCUT2D eigenvalue weighted by molar-refractivity contribution is 1.14. The van der Waals surface area contributed by atoms with Crippen molar-refractivity contribution in [3.8, 4) is 0 Å². The molecule has 0 aromatic carbocycles. The second-order valence-electron chi connectivity index (χ2n) is 5.16. The molecule has 0 N–H and O–H groups in total. The van der Waals surface area contributed by atoms with Crippen molar-refractivity contribution >= 4 is 16.1 Å². The molecule has 0 bridgehead atoms. The average molecular weight is 257 g/mol. The number of rotatable bonds is 8. The maximum absolute atomic E-state index is 4.65. The lowest BCUT2D eigenvalue weighted by Crippen LogP contribution is -2.49. The molecule has 0 spiro atoms. The maximum Gasteiger partial charge on any atom is 0.0758 e. The van der Waals surface area contributed by atoms with Crippen LogP contribution in [0.3, 0.4) is 0 Å². The summed E-state index contributed by atoms with van der Waals surface area (Å²) in [6, 6.07) is 8.46. The Morgan fingerprint density at radius 3 is 0.938 bits per heavy atom. The van der Waals surface area contributed by atoms with Gasteiger partial charge in [-0.1, -0.05) is 82.6 Å². The molecule has 0 aromatic rings. The van der Waals surface area contributed by atoms with E-state index < -0.39 is 16.1 Å². The second kappa shape index (κ2) is 6.80. The van der Waals surface area contributed by atoms with E-state index in [1.165, 1.54) is 36.3 Å². The summed E-state index contributed by atoms with van der Waals surface area (Å²) in [4.78, 5) is 1.81. The Balaban J connectivity index is 5.26. The molecule has 0 nitrogen and oxygen atoms in total. The van der Waals surface area contributed by atoms with Gasteiger partial charge in [0, 0.05) is 0 Å². The van der Waals surface area contributed by atoms with E-state index in [0.717, 1.165) is 0 Å². The van der Waals surface area contributed by atoms with Crippen LogP contribution < -0.4 is 0 Å². The SMILES string of the molecule is C=C([Si](CC)(CC)CC)[Si](CC)(CC)CC. The molecule has 0 rings (SSSR count). The minimum atomic E-state index is -1.15. The standard InChI is InChI=1S/C14H32Si2/c1-8-15(9-2,10-3)14(7)16(11-4,12-5)13-6/h7-13H2,1-6H3. The molecule has 0 unspecified atom stereocenters. The first-order chi connectivity index (χ1) is 7.52. The fraction of sp³-hybridized carbons (Fsp3) is 0.857. The third-order valence-electron chi connectivity index (χ3n) is 5.34. The van der Waals surface area contributed by atoms with Crippen LogP contribution in [0.1, 0.15) is 41.5 Å². The van der Waals surface area contributed by atoms with Crippen molar-refractivity contribution in [3.63, 3.8) is 0 Å². The van der Waals surface area contributed by atoms with Crippen molar-refractivity contribution in [1.29, 1.82) is 0 Å². The third-order valence-corrected chi connectivity index (χ3v) is 19.2. The van der Waals surface area contributed by atoms with E-state index in [9.17, 15) is 0 Å². The quantitative estimate of drug-likeness (QED) is 0.493. The van der Waals surface area contributed by atoms with Crippen LogP contribution in [0.4, 0.5) is 0 Å². The molecule has 0 aliphatic rings. The highest BCUT2D eigenvalue weighted by molar-refractivity contribution is 7.07. The zero-order valence-corrected chi connectivity index (χ0v) is 14.4. The predicted molar refractivity (Wildman–Crippen MR) is 83.5 cm³/mol. The summed E-state index contributed by atoms with van der Waals surface area (Å²) in [6.07, 6.45) is 0. The third kappa shape index (κ3) is 2.70. The summed E-state index contributed by atoms with van der Waals surface area (Å²) in [5.41, 5.74) is 0. The van der Waals surface area contributed by atoms with Gasteiger partial charge in [-0.25, -0.2) is 0 Å². The van der Waals surface area contributed by atoms with Crippen LogP contribution in [0.15, 0.2) is 11.4 Å². The first kappa shape index (κ1) is 16.2. The highest BCUT2D eigenvalue weighted by Gasteiger charge is 2.41. The van der Waals surface area contributed by atoms with E-state index in [1.54, 1.807) is 4.82 Å². The zero-order valence-electron chi connectivity index (χ0n) is 12.4. The normalized spacial score (nSPS) is 12.9. The van der Waals surface area contributed by atoms with Crippen molar-refractivity contribution in [2.45, 2.75) is 77.8 Å². The van der Waals surface area contributed by atoms with Crippen molar-refractivity contribution in [3.05, 3.63) is 11.4 Å². The van der Waals surface area contributed by atoms with E-state index >= 15 is 0 Å². The molecule has 96 valence electrons. The Kier molecular flexibility index (Phi) is 6.87. The number of hydrogen-bond acceptors (Lipinski definition) is 0. The van der Waals surface area contributed by atoms with Gasteiger partial charge in [0.25, 0.3) is 0 Å². The minimum Gasteiger partial charge on any atom is -0.107 e. The Bertz CT molecular complexity index is 174. The maximum atomic E-state index is 4.65. The smallest absolute Gasteiger partial charge is 0.0758 e. The first-order valence-corrected chi connectivity index (χ1v) is 12.5. The van der Waals surface area contributed by atoms with Gasteiger partial charge >= 0.3 is 0 Å². The minimum absolute atomic E-state index is 1.15. The van der Waals surface area contributed by atoms with Crippen molar-refractivity contribution in [2.24, 2.45) is 0 Å². The van der Waals surface area contributed by atoms with Gasteiger partial charge in [-0.2, -0.15) is 0 Å². The Hall–Kier alpha value is 0.174. The average Bonchev–Trinajstić information content (AvgIpc) is 2.35. The Labute approximate surface area is 106 Å². The summed E-state index contributed by atoms with van der Waals surface area (Å²) in [6.45, 7) is 19.1. The molecule has 0 heterocycles. The van der Waals surface area contributed by atoms with Crippen LogP contribution in [0, 0.1) is 0 Å². The van der Waals surface area contributed by atoms with E-state index in [2.05, 4.69) is 48.1 Å². The van der Waals surface area contributed by atoms with E-state index in [1.807, 2.05) is 0 Å². The highest BCUT2D eigenvalue weighted by atomic mass is 28.4. The summed E-state index contributed by atoms with van der Waals surface area (Å²) in [7, 11) is -2.30. The summed E-state index contributed by atoms with van der Waals surface area (Å²) >= 11 is 0. The topological polar surface area (TPSA) is 0 Å². The van der Waals surface area contributed by atoms with Gasteiger partial charge in [-0.05, 0) is 0 Å². The number of hydrogen-bond donors (Lipinski definition) is 0. The van der Waals surface area contributed by atoms with Gasteiger partial charge in [-0.15, -0.1) is 6.58 Å². The fourth-order valence-electron chi connectivity index (χ4n) is 3.34. The molecular weight excluding hydrogens is 224 g/mol. The molecule has 0 saturated carbocycles. The van der Waals surface area contributed by atoms with Gasteiger partial charge in [0.05, 0.1) is 16.1 Å². The second-order valence-corrected chi connectivity index (χ2v) is 16.2. The molecule has 0 atom stereocenters. The van der Waals surface area contributed by atoms with Gasteiger partial charge in [-0.3, -0.25) is 0 Å². The van der Waals surface area contributed by atoms with E-state index in [4.69, 9.17) is 0 Å². The molecule has 0 amide bonds. The fourth-order valence-corrected chi connectivity index (χ4v) is 16.6. The first-order valence-electron chi connectivity index (χ1n) is 7.22. The molecule has 0 fully saturated rings. The summed E-state index contributed by atoms with van der Waals surface area (Å²) in [5.74, 6) is 0. The Morgan fingerprint density at radius 1 is 0.625 bits per heavy atom. The van der Waals surface area contributed by atoms with Crippen molar-refractivity contribution in [1.82, 2.24) is 0 Å². The van der Waals surface area contributed by atoms with Crippen LogP contribution in [0.2, 0.25) is 36.3 Å². The monoisotopic (exact) mass is 256 g/mol. The van der Waals surface area contributed by atoms with Gasteiger partial charge < -0.3 is 0 Å². The van der Waals surface area contributed by atoms with Crippen LogP contribution in [0.25, 0.3) is 0 Å². The van der Waals surface area contributed by atoms with Crippen LogP contribution in [-0.2, 0) is 0 Å². The molecule has 16 heavy (non-hydrogen) atoms. The molecule has 0 saturated heterocycles. The lowest BCUT2D eigenvalue weighted by atomic mass is 10.9. The van der Waals surface area contributed by atoms with Gasteiger partial charge in [0.2, 0.25) is 0 Å². The highest BCUT2D eigenvalue weighted by Crippen LogP contribution is 2.38. The van der Waals surface area contributed by atoms with E-state index in [0.29, 0.717) is 0 Å². The molecular formula is C14H32Si2. The van der Waals surface area contributed by atoms with Gasteiger partial charge in [0.15, 0.2) is 0 Å². The van der Waals surface area contributed by atoms with Crippen LogP contribution in [-0.4, -0.2) is 16.1 Å². The largest absolute Gasteiger partial charge is 0.107 e. The summed E-state index contributed by atoms with van der Waals surface area (Å²) < 4.78 is 0. The van der Waals surface area contributed by atoms with Crippen molar-refractivity contribution < 1.29 is 0 Å². The van der Waals surface area contributed by atoms with Crippen molar-refractivity contribution in [2.75, 3.05) is 0 Å². The van der Waals surface area contributed by atoms with Gasteiger partial charge in [0.1, 0.15) is 0 Å². The lowest BCUT2D eigenvalue weighted by Gasteiger charge is -2.42. The molecule has 0 aliphatic heterocycles. The summed E-state index contributed by atoms with van der Waals surface area (Å²) in [5, 5.41) is 0. The zero-order chi connectivity index (χ0) is 12.8. The van der Waals surface area contributed by atoms with Crippen LogP contribution in [0.5, 0.6) is 0 Å².